The molecule has 106 valence electrons. The van der Waals surface area contributed by atoms with Crippen LogP contribution in [0.2, 0.25) is 0 Å². The third kappa shape index (κ3) is 5.99. The maximum absolute atomic E-state index is 12.1. The average Bonchev–Trinajstić information content (AvgIpc) is 2.38. The number of Topliss-reactive ketones (excluding diaryl/α,β-unsaturated/α-hetero) is 1. The van der Waals surface area contributed by atoms with Crippen LogP contribution in [0, 0.1) is 0 Å². The van der Waals surface area contributed by atoms with Crippen LogP contribution in [-0.2, 0) is 6.42 Å². The van der Waals surface area contributed by atoms with Gasteiger partial charge in [0.1, 0.15) is 0 Å². The fraction of sp³-hybridized carbons (Fsp3) is 0.562. The SMILES string of the molecule is CCc1ccc(C(=O)CN(C)CCCN(C)C)cc1. The monoisotopic (exact) mass is 262 g/mol. The van der Waals surface area contributed by atoms with E-state index in [-0.39, 0.29) is 5.78 Å². The van der Waals surface area contributed by atoms with Crippen molar-refractivity contribution in [3.63, 3.8) is 0 Å². The number of ketones is 1. The maximum Gasteiger partial charge on any atom is 0.176 e. The summed E-state index contributed by atoms with van der Waals surface area (Å²) >= 11 is 0. The molecule has 0 aliphatic heterocycles. The van der Waals surface area contributed by atoms with E-state index in [1.54, 1.807) is 0 Å². The molecule has 1 aromatic carbocycles. The summed E-state index contributed by atoms with van der Waals surface area (Å²) in [5, 5.41) is 0. The Balaban J connectivity index is 2.40. The van der Waals surface area contributed by atoms with Crippen molar-refractivity contribution in [2.24, 2.45) is 0 Å². The first-order valence-corrected chi connectivity index (χ1v) is 6.98. The van der Waals surface area contributed by atoms with E-state index in [1.165, 1.54) is 5.56 Å². The number of benzene rings is 1. The van der Waals surface area contributed by atoms with Crippen LogP contribution in [0.4, 0.5) is 0 Å². The van der Waals surface area contributed by atoms with Crippen molar-refractivity contribution in [1.29, 1.82) is 0 Å². The molecule has 19 heavy (non-hydrogen) atoms. The first kappa shape index (κ1) is 15.9. The van der Waals surface area contributed by atoms with Gasteiger partial charge in [-0.05, 0) is 52.6 Å². The highest BCUT2D eigenvalue weighted by atomic mass is 16.1. The lowest BCUT2D eigenvalue weighted by Crippen LogP contribution is -2.29. The fourth-order valence-electron chi connectivity index (χ4n) is 2.00. The maximum atomic E-state index is 12.1. The zero-order valence-electron chi connectivity index (χ0n) is 12.6. The molecule has 0 aliphatic rings. The molecular formula is C16H26N2O. The van der Waals surface area contributed by atoms with E-state index < -0.39 is 0 Å². The lowest BCUT2D eigenvalue weighted by molar-refractivity contribution is 0.0944. The first-order valence-electron chi connectivity index (χ1n) is 6.98. The van der Waals surface area contributed by atoms with Gasteiger partial charge >= 0.3 is 0 Å². The summed E-state index contributed by atoms with van der Waals surface area (Å²) in [6.07, 6.45) is 2.10. The summed E-state index contributed by atoms with van der Waals surface area (Å²) in [5.41, 5.74) is 2.09. The van der Waals surface area contributed by atoms with Gasteiger partial charge in [-0.1, -0.05) is 31.2 Å². The number of carbonyl (C=O) groups is 1. The molecule has 3 heteroatoms. The molecule has 0 saturated carbocycles. The normalized spacial score (nSPS) is 11.3. The second kappa shape index (κ2) is 8.08. The molecule has 3 nitrogen and oxygen atoms in total. The summed E-state index contributed by atoms with van der Waals surface area (Å²) in [7, 11) is 6.15. The van der Waals surface area contributed by atoms with Gasteiger partial charge < -0.3 is 4.90 Å². The average molecular weight is 262 g/mol. The Morgan fingerprint density at radius 3 is 2.21 bits per heavy atom. The molecule has 0 unspecified atom stereocenters. The number of aryl methyl sites for hydroxylation is 1. The minimum atomic E-state index is 0.204. The summed E-state index contributed by atoms with van der Waals surface area (Å²) in [6.45, 7) is 4.63. The predicted octanol–water partition coefficient (Wildman–Crippen LogP) is 2.32. The highest BCUT2D eigenvalue weighted by Gasteiger charge is 2.09. The third-order valence-corrected chi connectivity index (χ3v) is 3.24. The van der Waals surface area contributed by atoms with E-state index in [0.717, 1.165) is 31.5 Å². The number of likely N-dealkylation sites (N-methyl/N-ethyl adjacent to an activating group) is 1. The highest BCUT2D eigenvalue weighted by Crippen LogP contribution is 2.06. The molecule has 0 atom stereocenters. The number of hydrogen-bond donors (Lipinski definition) is 0. The van der Waals surface area contributed by atoms with Crippen LogP contribution < -0.4 is 0 Å². The van der Waals surface area contributed by atoms with Crippen molar-refractivity contribution in [3.8, 4) is 0 Å². The molecule has 0 saturated heterocycles. The summed E-state index contributed by atoms with van der Waals surface area (Å²) in [6, 6.07) is 7.96. The van der Waals surface area contributed by atoms with Gasteiger partial charge in [-0.25, -0.2) is 0 Å². The highest BCUT2D eigenvalue weighted by molar-refractivity contribution is 5.97. The van der Waals surface area contributed by atoms with Crippen molar-refractivity contribution >= 4 is 5.78 Å². The van der Waals surface area contributed by atoms with Gasteiger partial charge in [0, 0.05) is 5.56 Å². The van der Waals surface area contributed by atoms with Gasteiger partial charge in [0.15, 0.2) is 5.78 Å². The Bertz CT molecular complexity index is 384. The Kier molecular flexibility index (Phi) is 6.74. The zero-order valence-corrected chi connectivity index (χ0v) is 12.6. The molecule has 1 aromatic rings. The molecule has 0 heterocycles. The minimum Gasteiger partial charge on any atom is -0.309 e. The van der Waals surface area contributed by atoms with Crippen molar-refractivity contribution in [2.45, 2.75) is 19.8 Å². The quantitative estimate of drug-likeness (QED) is 0.672. The van der Waals surface area contributed by atoms with Crippen molar-refractivity contribution < 1.29 is 4.79 Å². The summed E-state index contributed by atoms with van der Waals surface area (Å²) in [4.78, 5) is 16.4. The van der Waals surface area contributed by atoms with Gasteiger partial charge in [0.25, 0.3) is 0 Å². The topological polar surface area (TPSA) is 23.6 Å². The molecule has 0 aromatic heterocycles. The number of hydrogen-bond acceptors (Lipinski definition) is 3. The van der Waals surface area contributed by atoms with E-state index in [9.17, 15) is 4.79 Å². The van der Waals surface area contributed by atoms with Crippen LogP contribution in [0.25, 0.3) is 0 Å². The van der Waals surface area contributed by atoms with Gasteiger partial charge in [-0.3, -0.25) is 9.69 Å². The van der Waals surface area contributed by atoms with E-state index in [4.69, 9.17) is 0 Å². The molecule has 0 fully saturated rings. The van der Waals surface area contributed by atoms with Crippen molar-refractivity contribution in [2.75, 3.05) is 40.8 Å². The molecule has 0 spiro atoms. The van der Waals surface area contributed by atoms with Crippen LogP contribution in [0.3, 0.4) is 0 Å². The van der Waals surface area contributed by atoms with Crippen LogP contribution in [0.1, 0.15) is 29.3 Å². The van der Waals surface area contributed by atoms with E-state index in [2.05, 4.69) is 30.8 Å². The standard InChI is InChI=1S/C16H26N2O/c1-5-14-7-9-15(10-8-14)16(19)13-18(4)12-6-11-17(2)3/h7-10H,5-6,11-13H2,1-4H3. The van der Waals surface area contributed by atoms with Crippen LogP contribution in [-0.4, -0.2) is 56.4 Å². The zero-order chi connectivity index (χ0) is 14.3. The Morgan fingerprint density at radius 1 is 1.05 bits per heavy atom. The van der Waals surface area contributed by atoms with Gasteiger partial charge in [-0.2, -0.15) is 0 Å². The summed E-state index contributed by atoms with van der Waals surface area (Å²) in [5.74, 6) is 0.204. The minimum absolute atomic E-state index is 0.204. The third-order valence-electron chi connectivity index (χ3n) is 3.24. The largest absolute Gasteiger partial charge is 0.309 e. The van der Waals surface area contributed by atoms with Gasteiger partial charge in [0.05, 0.1) is 6.54 Å². The predicted molar refractivity (Wildman–Crippen MR) is 80.8 cm³/mol. The Hall–Kier alpha value is -1.19. The van der Waals surface area contributed by atoms with E-state index in [1.807, 2.05) is 31.3 Å². The van der Waals surface area contributed by atoms with Crippen LogP contribution in [0.5, 0.6) is 0 Å². The fourth-order valence-corrected chi connectivity index (χ4v) is 2.00. The smallest absolute Gasteiger partial charge is 0.176 e. The molecule has 0 bridgehead atoms. The molecule has 0 aliphatic carbocycles. The number of rotatable bonds is 8. The Labute approximate surface area is 117 Å². The molecule has 0 N–H and O–H groups in total. The molecule has 1 rings (SSSR count). The van der Waals surface area contributed by atoms with Gasteiger partial charge in [0.2, 0.25) is 0 Å². The second-order valence-corrected chi connectivity index (χ2v) is 5.37. The van der Waals surface area contributed by atoms with E-state index >= 15 is 0 Å². The number of carbonyl (C=O) groups excluding carboxylic acids is 1. The lowest BCUT2D eigenvalue weighted by atomic mass is 10.1. The van der Waals surface area contributed by atoms with Crippen molar-refractivity contribution in [1.82, 2.24) is 9.80 Å². The van der Waals surface area contributed by atoms with Crippen LogP contribution >= 0.6 is 0 Å². The Morgan fingerprint density at radius 2 is 1.68 bits per heavy atom. The molecule has 0 radical (unpaired) electrons. The first-order chi connectivity index (χ1) is 9.02. The lowest BCUT2D eigenvalue weighted by Gasteiger charge is -2.17. The number of nitrogens with zero attached hydrogens (tertiary/aromatic N) is 2. The van der Waals surface area contributed by atoms with Crippen molar-refractivity contribution in [3.05, 3.63) is 35.4 Å². The van der Waals surface area contributed by atoms with E-state index in [0.29, 0.717) is 6.54 Å². The van der Waals surface area contributed by atoms with Crippen LogP contribution in [0.15, 0.2) is 24.3 Å². The summed E-state index contributed by atoms with van der Waals surface area (Å²) < 4.78 is 0. The molecular weight excluding hydrogens is 236 g/mol. The molecule has 0 amide bonds. The van der Waals surface area contributed by atoms with Gasteiger partial charge in [-0.15, -0.1) is 0 Å². The second-order valence-electron chi connectivity index (χ2n) is 5.37.